The maximum atomic E-state index is 11.9. The van der Waals surface area contributed by atoms with Crippen molar-refractivity contribution in [2.45, 2.75) is 64.6 Å². The van der Waals surface area contributed by atoms with Crippen molar-refractivity contribution in [3.63, 3.8) is 0 Å². The summed E-state index contributed by atoms with van der Waals surface area (Å²) in [5.41, 5.74) is -0.249. The second kappa shape index (κ2) is 6.09. The molecule has 0 aromatic heterocycles. The third-order valence-electron chi connectivity index (χ3n) is 4.76. The van der Waals surface area contributed by atoms with Crippen molar-refractivity contribution in [3.05, 3.63) is 0 Å². The predicted molar refractivity (Wildman–Crippen MR) is 75.0 cm³/mol. The van der Waals surface area contributed by atoms with E-state index in [0.717, 1.165) is 12.8 Å². The Labute approximate surface area is 116 Å². The van der Waals surface area contributed by atoms with Crippen molar-refractivity contribution in [3.8, 4) is 0 Å². The zero-order chi connectivity index (χ0) is 14.7. The Morgan fingerprint density at radius 2 is 2.11 bits per heavy atom. The van der Waals surface area contributed by atoms with Gasteiger partial charge in [-0.2, -0.15) is 0 Å². The van der Waals surface area contributed by atoms with E-state index in [9.17, 15) is 4.79 Å². The van der Waals surface area contributed by atoms with Crippen molar-refractivity contribution in [1.82, 2.24) is 10.6 Å². The summed E-state index contributed by atoms with van der Waals surface area (Å²) >= 11 is 0. The summed E-state index contributed by atoms with van der Waals surface area (Å²) in [4.78, 5) is 11.9. The van der Waals surface area contributed by atoms with Crippen LogP contribution < -0.4 is 10.6 Å². The molecule has 0 aliphatic heterocycles. The number of carbonyl (C=O) groups is 1. The van der Waals surface area contributed by atoms with Gasteiger partial charge in [0.1, 0.15) is 0 Å². The van der Waals surface area contributed by atoms with E-state index >= 15 is 0 Å². The lowest BCUT2D eigenvalue weighted by Gasteiger charge is -2.59. The molecule has 1 fully saturated rings. The van der Waals surface area contributed by atoms with Crippen molar-refractivity contribution in [2.75, 3.05) is 13.7 Å². The molecule has 5 nitrogen and oxygen atoms in total. The van der Waals surface area contributed by atoms with Gasteiger partial charge >= 0.3 is 6.03 Å². The van der Waals surface area contributed by atoms with E-state index in [4.69, 9.17) is 9.84 Å². The minimum absolute atomic E-state index is 0.0733. The highest BCUT2D eigenvalue weighted by atomic mass is 16.5. The maximum absolute atomic E-state index is 11.9. The summed E-state index contributed by atoms with van der Waals surface area (Å²) in [5, 5.41) is 14.7. The molecule has 0 heterocycles. The lowest BCUT2D eigenvalue weighted by Crippen LogP contribution is -2.69. The highest BCUT2D eigenvalue weighted by Gasteiger charge is 2.58. The van der Waals surface area contributed by atoms with Crippen LogP contribution in [0.1, 0.15) is 47.0 Å². The highest BCUT2D eigenvalue weighted by molar-refractivity contribution is 5.74. The quantitative estimate of drug-likeness (QED) is 0.688. The van der Waals surface area contributed by atoms with Gasteiger partial charge in [0.05, 0.1) is 5.60 Å². The molecular weight excluding hydrogens is 244 g/mol. The Balaban J connectivity index is 2.39. The molecule has 2 amide bonds. The molecule has 1 aliphatic rings. The summed E-state index contributed by atoms with van der Waals surface area (Å²) in [6, 6.07) is 0.0632. The van der Waals surface area contributed by atoms with Crippen LogP contribution in [0, 0.1) is 5.41 Å². The van der Waals surface area contributed by atoms with Crippen LogP contribution in [0.15, 0.2) is 0 Å². The van der Waals surface area contributed by atoms with Crippen molar-refractivity contribution in [2.24, 2.45) is 5.41 Å². The van der Waals surface area contributed by atoms with Gasteiger partial charge in [0.2, 0.25) is 0 Å². The van der Waals surface area contributed by atoms with Crippen LogP contribution in [0.3, 0.4) is 0 Å². The highest BCUT2D eigenvalue weighted by Crippen LogP contribution is 2.51. The third-order valence-corrected chi connectivity index (χ3v) is 4.76. The molecule has 3 unspecified atom stereocenters. The smallest absolute Gasteiger partial charge is 0.315 e. The third kappa shape index (κ3) is 3.39. The van der Waals surface area contributed by atoms with Crippen molar-refractivity contribution < 1.29 is 14.6 Å². The number of hydrogen-bond donors (Lipinski definition) is 3. The number of aliphatic hydroxyl groups excluding tert-OH is 1. The van der Waals surface area contributed by atoms with Crippen LogP contribution in [-0.2, 0) is 4.74 Å². The summed E-state index contributed by atoms with van der Waals surface area (Å²) in [6.45, 7) is 8.41. The number of ether oxygens (including phenoxy) is 1. The van der Waals surface area contributed by atoms with E-state index in [1.165, 1.54) is 0 Å². The number of nitrogens with one attached hydrogen (secondary N) is 2. The molecule has 3 N–H and O–H groups in total. The maximum Gasteiger partial charge on any atom is 0.315 e. The first-order chi connectivity index (χ1) is 8.76. The van der Waals surface area contributed by atoms with Gasteiger partial charge in [0.15, 0.2) is 0 Å². The second-order valence-corrected chi connectivity index (χ2v) is 6.30. The van der Waals surface area contributed by atoms with Crippen molar-refractivity contribution in [1.29, 1.82) is 0 Å². The van der Waals surface area contributed by atoms with Crippen LogP contribution in [0.4, 0.5) is 4.79 Å². The molecule has 19 heavy (non-hydrogen) atoms. The van der Waals surface area contributed by atoms with E-state index in [0.29, 0.717) is 6.42 Å². The fraction of sp³-hybridized carbons (Fsp3) is 0.929. The standard InChI is InChI=1S/C14H28N2O3/c1-10(7-6-8-17)15-12(18)16-11-9-14(4,19-5)13(11,2)3/h10-11,17H,6-9H2,1-5H3,(H2,15,16,18). The molecule has 5 heteroatoms. The molecule has 3 atom stereocenters. The second-order valence-electron chi connectivity index (χ2n) is 6.30. The first-order valence-electron chi connectivity index (χ1n) is 7.00. The summed E-state index contributed by atoms with van der Waals surface area (Å²) in [7, 11) is 1.72. The fourth-order valence-corrected chi connectivity index (χ4v) is 2.62. The number of rotatable bonds is 6. The van der Waals surface area contributed by atoms with Gasteiger partial charge in [0, 0.05) is 31.2 Å². The predicted octanol–water partition coefficient (Wildman–Crippen LogP) is 1.65. The van der Waals surface area contributed by atoms with Gasteiger partial charge < -0.3 is 20.5 Å². The molecule has 0 bridgehead atoms. The first kappa shape index (κ1) is 16.2. The fourth-order valence-electron chi connectivity index (χ4n) is 2.62. The minimum atomic E-state index is -0.173. The van der Waals surface area contributed by atoms with Gasteiger partial charge in [-0.3, -0.25) is 0 Å². The van der Waals surface area contributed by atoms with Crippen LogP contribution in [-0.4, -0.2) is 42.5 Å². The van der Waals surface area contributed by atoms with E-state index in [2.05, 4.69) is 31.4 Å². The van der Waals surface area contributed by atoms with Crippen LogP contribution in [0.25, 0.3) is 0 Å². The molecule has 1 rings (SSSR count). The molecule has 0 spiro atoms. The molecule has 1 saturated carbocycles. The van der Waals surface area contributed by atoms with Gasteiger partial charge in [-0.25, -0.2) is 4.79 Å². The number of methoxy groups -OCH3 is 1. The van der Waals surface area contributed by atoms with Gasteiger partial charge in [-0.1, -0.05) is 13.8 Å². The van der Waals surface area contributed by atoms with E-state index in [1.54, 1.807) is 7.11 Å². The summed E-state index contributed by atoms with van der Waals surface area (Å²) in [6.07, 6.45) is 2.32. The zero-order valence-corrected chi connectivity index (χ0v) is 12.7. The molecule has 0 aromatic carbocycles. The zero-order valence-electron chi connectivity index (χ0n) is 12.7. The van der Waals surface area contributed by atoms with E-state index in [-0.39, 0.29) is 35.7 Å². The van der Waals surface area contributed by atoms with Gasteiger partial charge in [-0.05, 0) is 33.1 Å². The topological polar surface area (TPSA) is 70.6 Å². The molecular formula is C14H28N2O3. The monoisotopic (exact) mass is 272 g/mol. The lowest BCUT2D eigenvalue weighted by atomic mass is 9.56. The van der Waals surface area contributed by atoms with E-state index < -0.39 is 0 Å². The number of carbonyl (C=O) groups excluding carboxylic acids is 1. The van der Waals surface area contributed by atoms with Crippen LogP contribution in [0.5, 0.6) is 0 Å². The van der Waals surface area contributed by atoms with Crippen LogP contribution >= 0.6 is 0 Å². The molecule has 112 valence electrons. The van der Waals surface area contributed by atoms with Gasteiger partial charge in [-0.15, -0.1) is 0 Å². The Bertz CT molecular complexity index is 320. The number of amides is 2. The Kier molecular flexibility index (Phi) is 5.21. The van der Waals surface area contributed by atoms with Crippen molar-refractivity contribution >= 4 is 6.03 Å². The largest absolute Gasteiger partial charge is 0.396 e. The minimum Gasteiger partial charge on any atom is -0.396 e. The number of urea groups is 1. The number of aliphatic hydroxyl groups is 1. The average molecular weight is 272 g/mol. The van der Waals surface area contributed by atoms with Gasteiger partial charge in [0.25, 0.3) is 0 Å². The molecule has 0 radical (unpaired) electrons. The Morgan fingerprint density at radius 1 is 1.47 bits per heavy atom. The number of hydrogen-bond acceptors (Lipinski definition) is 3. The lowest BCUT2D eigenvalue weighted by molar-refractivity contribution is -0.177. The van der Waals surface area contributed by atoms with Crippen LogP contribution in [0.2, 0.25) is 0 Å². The first-order valence-corrected chi connectivity index (χ1v) is 7.00. The molecule has 0 saturated heterocycles. The molecule has 0 aromatic rings. The Morgan fingerprint density at radius 3 is 2.58 bits per heavy atom. The SMILES string of the molecule is COC1(C)CC(NC(=O)NC(C)CCCO)C1(C)C. The molecule has 1 aliphatic carbocycles. The van der Waals surface area contributed by atoms with E-state index in [1.807, 2.05) is 6.92 Å². The Hall–Kier alpha value is -0.810. The summed E-state index contributed by atoms with van der Waals surface area (Å²) in [5.74, 6) is 0. The average Bonchev–Trinajstić information content (AvgIpc) is 2.35. The summed E-state index contributed by atoms with van der Waals surface area (Å²) < 4.78 is 5.54. The normalized spacial score (nSPS) is 30.3.